The van der Waals surface area contributed by atoms with Crippen LogP contribution in [0.25, 0.3) is 10.4 Å². The topological polar surface area (TPSA) is 98.1 Å². The third-order valence-corrected chi connectivity index (χ3v) is 1.18. The lowest BCUT2D eigenvalue weighted by Crippen LogP contribution is -2.29. The maximum absolute atomic E-state index is 10.0. The molecule has 6 nitrogen and oxygen atoms in total. The van der Waals surface area contributed by atoms with E-state index < -0.39 is 6.17 Å². The van der Waals surface area contributed by atoms with Gasteiger partial charge in [-0.25, -0.2) is 0 Å². The average Bonchev–Trinajstić information content (AvgIpc) is 2.04. The number of aldehydes is 1. The number of carbonyl (C=O) groups excluding carboxylic acids is 1. The summed E-state index contributed by atoms with van der Waals surface area (Å²) in [6.45, 7) is 3.18. The van der Waals surface area contributed by atoms with Gasteiger partial charge in [0, 0.05) is 11.3 Å². The highest BCUT2D eigenvalue weighted by molar-refractivity contribution is 5.54. The van der Waals surface area contributed by atoms with E-state index in [-0.39, 0.29) is 13.2 Å². The molecule has 0 aliphatic heterocycles. The van der Waals surface area contributed by atoms with E-state index in [0.29, 0.717) is 11.9 Å². The van der Waals surface area contributed by atoms with E-state index in [9.17, 15) is 4.79 Å². The van der Waals surface area contributed by atoms with Gasteiger partial charge in [0.15, 0.2) is 0 Å². The summed E-state index contributed by atoms with van der Waals surface area (Å²) in [7, 11) is 0. The summed E-state index contributed by atoms with van der Waals surface area (Å²) in [4.78, 5) is 12.6. The molecule has 0 bridgehead atoms. The van der Waals surface area contributed by atoms with Crippen molar-refractivity contribution < 1.29 is 9.90 Å². The number of azide groups is 1. The van der Waals surface area contributed by atoms with Crippen LogP contribution in [0.5, 0.6) is 0 Å². The number of nitrogens with zero attached hydrogens (tertiary/aromatic N) is 3. The molecule has 0 radical (unpaired) electrons. The van der Waals surface area contributed by atoms with Gasteiger partial charge in [0.05, 0.1) is 6.73 Å². The van der Waals surface area contributed by atoms with Crippen molar-refractivity contribution in [1.29, 1.82) is 0 Å². The molecular formula is C6H10N4O2. The molecule has 1 unspecified atom stereocenters. The standard InChI is InChI=1S/C6H10N4O2/c1-5(2-3-11)6(8-4-12)9-10-7/h3,6,8,12H,1-2,4H2. The van der Waals surface area contributed by atoms with Crippen LogP contribution in [0.2, 0.25) is 0 Å². The molecule has 0 heterocycles. The van der Waals surface area contributed by atoms with Crippen LogP contribution in [0.1, 0.15) is 6.42 Å². The van der Waals surface area contributed by atoms with Gasteiger partial charge in [-0.15, -0.1) is 0 Å². The summed E-state index contributed by atoms with van der Waals surface area (Å²) >= 11 is 0. The second-order valence-electron chi connectivity index (χ2n) is 2.00. The molecule has 0 aromatic carbocycles. The molecule has 0 spiro atoms. The van der Waals surface area contributed by atoms with Crippen molar-refractivity contribution in [3.8, 4) is 0 Å². The quantitative estimate of drug-likeness (QED) is 0.150. The lowest BCUT2D eigenvalue weighted by molar-refractivity contribution is -0.107. The first-order valence-electron chi connectivity index (χ1n) is 3.26. The molecular weight excluding hydrogens is 160 g/mol. The van der Waals surface area contributed by atoms with Crippen LogP contribution >= 0.6 is 0 Å². The van der Waals surface area contributed by atoms with E-state index >= 15 is 0 Å². The molecule has 0 aromatic heterocycles. The zero-order chi connectivity index (χ0) is 9.40. The minimum Gasteiger partial charge on any atom is -0.381 e. The van der Waals surface area contributed by atoms with Crippen molar-refractivity contribution in [3.63, 3.8) is 0 Å². The van der Waals surface area contributed by atoms with E-state index in [1.165, 1.54) is 0 Å². The lowest BCUT2D eigenvalue weighted by Gasteiger charge is -2.11. The molecule has 0 amide bonds. The Hall–Kier alpha value is -1.36. The first kappa shape index (κ1) is 10.6. The maximum atomic E-state index is 10.0. The molecule has 6 heteroatoms. The first-order chi connectivity index (χ1) is 5.76. The van der Waals surface area contributed by atoms with Gasteiger partial charge in [0.25, 0.3) is 0 Å². The Balaban J connectivity index is 4.17. The fourth-order valence-electron chi connectivity index (χ4n) is 0.624. The van der Waals surface area contributed by atoms with E-state index in [1.807, 2.05) is 0 Å². The molecule has 0 aromatic rings. The van der Waals surface area contributed by atoms with Crippen LogP contribution in [-0.2, 0) is 4.79 Å². The highest BCUT2D eigenvalue weighted by Gasteiger charge is 2.07. The van der Waals surface area contributed by atoms with Crippen molar-refractivity contribution in [3.05, 3.63) is 22.6 Å². The van der Waals surface area contributed by atoms with Crippen LogP contribution < -0.4 is 5.32 Å². The molecule has 1 atom stereocenters. The highest BCUT2D eigenvalue weighted by Crippen LogP contribution is 2.04. The lowest BCUT2D eigenvalue weighted by atomic mass is 10.2. The molecule has 0 aliphatic carbocycles. The minimum absolute atomic E-state index is 0.108. The number of aliphatic hydroxyl groups is 1. The highest BCUT2D eigenvalue weighted by atomic mass is 16.3. The number of carbonyl (C=O) groups is 1. The Morgan fingerprint density at radius 2 is 2.58 bits per heavy atom. The van der Waals surface area contributed by atoms with Crippen molar-refractivity contribution in [1.82, 2.24) is 5.32 Å². The SMILES string of the molecule is C=C(CC=O)C(N=[N+]=[N-])NCO. The van der Waals surface area contributed by atoms with Crippen molar-refractivity contribution in [2.45, 2.75) is 12.6 Å². The van der Waals surface area contributed by atoms with E-state index in [4.69, 9.17) is 10.6 Å². The van der Waals surface area contributed by atoms with Crippen molar-refractivity contribution in [2.24, 2.45) is 5.11 Å². The van der Waals surface area contributed by atoms with Crippen LogP contribution in [-0.4, -0.2) is 24.3 Å². The molecule has 12 heavy (non-hydrogen) atoms. The van der Waals surface area contributed by atoms with Crippen molar-refractivity contribution >= 4 is 6.29 Å². The Morgan fingerprint density at radius 3 is 3.00 bits per heavy atom. The Kier molecular flexibility index (Phi) is 5.64. The van der Waals surface area contributed by atoms with Gasteiger partial charge in [-0.05, 0) is 11.1 Å². The van der Waals surface area contributed by atoms with Gasteiger partial charge >= 0.3 is 0 Å². The third kappa shape index (κ3) is 3.72. The third-order valence-electron chi connectivity index (χ3n) is 1.18. The Labute approximate surface area is 69.5 Å². The van der Waals surface area contributed by atoms with Crippen LogP contribution in [0.4, 0.5) is 0 Å². The second-order valence-corrected chi connectivity index (χ2v) is 2.00. The maximum Gasteiger partial charge on any atom is 0.124 e. The predicted octanol–water partition coefficient (Wildman–Crippen LogP) is 0.307. The Morgan fingerprint density at radius 1 is 1.92 bits per heavy atom. The minimum atomic E-state index is -0.717. The molecule has 0 rings (SSSR count). The van der Waals surface area contributed by atoms with Crippen molar-refractivity contribution in [2.75, 3.05) is 6.73 Å². The molecule has 66 valence electrons. The van der Waals surface area contributed by atoms with Crippen LogP contribution in [0, 0.1) is 0 Å². The van der Waals surface area contributed by atoms with E-state index in [1.54, 1.807) is 0 Å². The normalized spacial score (nSPS) is 11.4. The van der Waals surface area contributed by atoms with Gasteiger partial charge in [-0.2, -0.15) is 0 Å². The first-order valence-corrected chi connectivity index (χ1v) is 3.26. The fourth-order valence-corrected chi connectivity index (χ4v) is 0.624. The van der Waals surface area contributed by atoms with Gasteiger partial charge < -0.3 is 9.90 Å². The molecule has 0 aliphatic rings. The summed E-state index contributed by atoms with van der Waals surface area (Å²) in [5.74, 6) is 0. The zero-order valence-corrected chi connectivity index (χ0v) is 6.47. The number of aliphatic hydroxyl groups excluding tert-OH is 1. The number of hydrogen-bond acceptors (Lipinski definition) is 4. The molecule has 2 N–H and O–H groups in total. The van der Waals surface area contributed by atoms with Gasteiger partial charge in [-0.3, -0.25) is 5.32 Å². The smallest absolute Gasteiger partial charge is 0.124 e. The van der Waals surface area contributed by atoms with Crippen LogP contribution in [0.3, 0.4) is 0 Å². The number of hydrogen-bond donors (Lipinski definition) is 2. The predicted molar refractivity (Wildman–Crippen MR) is 43.0 cm³/mol. The zero-order valence-electron chi connectivity index (χ0n) is 6.47. The Bertz CT molecular complexity index is 210. The summed E-state index contributed by atoms with van der Waals surface area (Å²) in [6, 6.07) is 0. The largest absolute Gasteiger partial charge is 0.381 e. The fraction of sp³-hybridized carbons (Fsp3) is 0.500. The monoisotopic (exact) mass is 170 g/mol. The summed E-state index contributed by atoms with van der Waals surface area (Å²) in [6.07, 6.45) is 0.0445. The van der Waals surface area contributed by atoms with E-state index in [0.717, 1.165) is 0 Å². The summed E-state index contributed by atoms with van der Waals surface area (Å²) < 4.78 is 0. The van der Waals surface area contributed by atoms with Gasteiger partial charge in [-0.1, -0.05) is 11.7 Å². The van der Waals surface area contributed by atoms with Gasteiger partial charge in [0.1, 0.15) is 12.5 Å². The molecule has 0 saturated carbocycles. The number of nitrogens with one attached hydrogen (secondary N) is 1. The van der Waals surface area contributed by atoms with Gasteiger partial charge in [0.2, 0.25) is 0 Å². The molecule has 0 fully saturated rings. The second kappa shape index (κ2) is 6.36. The number of rotatable bonds is 6. The average molecular weight is 170 g/mol. The molecule has 0 saturated heterocycles. The van der Waals surface area contributed by atoms with Crippen LogP contribution in [0.15, 0.2) is 17.3 Å². The van der Waals surface area contributed by atoms with E-state index in [2.05, 4.69) is 21.9 Å². The summed E-state index contributed by atoms with van der Waals surface area (Å²) in [5.41, 5.74) is 8.52. The summed E-state index contributed by atoms with van der Waals surface area (Å²) in [5, 5.41) is 14.2.